The van der Waals surface area contributed by atoms with Gasteiger partial charge in [-0.05, 0) is 45.0 Å². The lowest BCUT2D eigenvalue weighted by molar-refractivity contribution is -0.156. The van der Waals surface area contributed by atoms with Crippen LogP contribution in [0.4, 0.5) is 0 Å². The summed E-state index contributed by atoms with van der Waals surface area (Å²) in [5.74, 6) is -0.615. The Labute approximate surface area is 214 Å². The highest BCUT2D eigenvalue weighted by molar-refractivity contribution is 6.01. The van der Waals surface area contributed by atoms with Gasteiger partial charge in [0.1, 0.15) is 46.7 Å². The van der Waals surface area contributed by atoms with Crippen LogP contribution in [0, 0.1) is 0 Å². The fraction of sp³-hybridized carbons (Fsp3) is 0.357. The molecular formula is C28H31NO8. The van der Waals surface area contributed by atoms with Crippen LogP contribution in [-0.4, -0.2) is 46.1 Å². The fourth-order valence-electron chi connectivity index (χ4n) is 4.46. The highest BCUT2D eigenvalue weighted by Crippen LogP contribution is 2.50. The van der Waals surface area contributed by atoms with Crippen molar-refractivity contribution in [2.45, 2.75) is 52.4 Å². The minimum Gasteiger partial charge on any atom is -0.508 e. The number of benzene rings is 2. The number of hydrogen-bond acceptors (Lipinski definition) is 9. The van der Waals surface area contributed by atoms with Crippen molar-refractivity contribution in [1.82, 2.24) is 5.32 Å². The summed E-state index contributed by atoms with van der Waals surface area (Å²) in [6.07, 6.45) is 0.971. The van der Waals surface area contributed by atoms with E-state index in [9.17, 15) is 24.9 Å². The number of allylic oxidation sites excluding steroid dienone is 1. The van der Waals surface area contributed by atoms with Gasteiger partial charge in [0.25, 0.3) is 0 Å². The van der Waals surface area contributed by atoms with E-state index in [-0.39, 0.29) is 46.0 Å². The first kappa shape index (κ1) is 26.2. The van der Waals surface area contributed by atoms with E-state index >= 15 is 0 Å². The maximum atomic E-state index is 13.0. The van der Waals surface area contributed by atoms with Crippen LogP contribution < -0.4 is 15.5 Å². The molecule has 9 nitrogen and oxygen atoms in total. The number of esters is 1. The zero-order chi connectivity index (χ0) is 26.9. The molecule has 4 rings (SSSR count). The van der Waals surface area contributed by atoms with Crippen molar-refractivity contribution in [3.8, 4) is 28.4 Å². The quantitative estimate of drug-likeness (QED) is 0.278. The Hall–Kier alpha value is -3.82. The number of rotatable bonds is 7. The summed E-state index contributed by atoms with van der Waals surface area (Å²) in [7, 11) is 0. The number of carbonyl (C=O) groups excluding carboxylic acids is 1. The van der Waals surface area contributed by atoms with Gasteiger partial charge in [0, 0.05) is 30.2 Å². The van der Waals surface area contributed by atoms with Gasteiger partial charge in [0.15, 0.2) is 11.0 Å². The molecule has 0 radical (unpaired) electrons. The van der Waals surface area contributed by atoms with Crippen LogP contribution in [0.15, 0.2) is 51.2 Å². The summed E-state index contributed by atoms with van der Waals surface area (Å²) in [5.41, 5.74) is 0.00125. The first-order chi connectivity index (χ1) is 17.6. The number of aliphatic hydroxyl groups excluding tert-OH is 1. The molecule has 4 N–H and O–H groups in total. The first-order valence-electron chi connectivity index (χ1n) is 12.1. The van der Waals surface area contributed by atoms with Crippen LogP contribution in [0.25, 0.3) is 22.1 Å². The van der Waals surface area contributed by atoms with E-state index in [1.165, 1.54) is 12.1 Å². The summed E-state index contributed by atoms with van der Waals surface area (Å²) < 4.78 is 18.1. The largest absolute Gasteiger partial charge is 0.508 e. The number of phenolic OH excluding ortho intramolecular Hbond substituents is 2. The topological polar surface area (TPSA) is 138 Å². The van der Waals surface area contributed by atoms with Crippen LogP contribution in [0.5, 0.6) is 17.2 Å². The lowest BCUT2D eigenvalue weighted by Gasteiger charge is -2.40. The summed E-state index contributed by atoms with van der Waals surface area (Å²) >= 11 is 0. The number of likely N-dealkylation sites (N-methyl/N-ethyl adjacent to an activating group) is 1. The molecule has 0 saturated heterocycles. The molecule has 1 aliphatic heterocycles. The second-order valence-electron chi connectivity index (χ2n) is 9.42. The number of hydrogen-bond donors (Lipinski definition) is 4. The Morgan fingerprint density at radius 2 is 2.03 bits per heavy atom. The molecule has 1 aliphatic rings. The van der Waals surface area contributed by atoms with E-state index in [1.54, 1.807) is 39.0 Å². The van der Waals surface area contributed by atoms with Crippen LogP contribution in [0.3, 0.4) is 0 Å². The van der Waals surface area contributed by atoms with Crippen molar-refractivity contribution < 1.29 is 34.0 Å². The average Bonchev–Trinajstić information content (AvgIpc) is 2.85. The van der Waals surface area contributed by atoms with Gasteiger partial charge in [-0.2, -0.15) is 0 Å². The molecule has 196 valence electrons. The van der Waals surface area contributed by atoms with Crippen molar-refractivity contribution in [3.05, 3.63) is 63.5 Å². The standard InChI is InChI=1S/C28H31NO8/c1-5-15(13-29-6-2)27(34)36-21-12-19-24(33)23-20(32)11-18(14-30)35-26(23)22(25(19)37-28(21,3)4)16-8-7-9-17(31)10-16/h5,7-11,21,29-31,33H,6,12-14H2,1-4H3/t21-/m0/s1. The predicted octanol–water partition coefficient (Wildman–Crippen LogP) is 3.54. The molecule has 0 aliphatic carbocycles. The molecule has 0 amide bonds. The van der Waals surface area contributed by atoms with Crippen molar-refractivity contribution in [3.63, 3.8) is 0 Å². The maximum absolute atomic E-state index is 13.0. The third-order valence-corrected chi connectivity index (χ3v) is 6.50. The molecule has 2 aromatic carbocycles. The zero-order valence-electron chi connectivity index (χ0n) is 21.3. The normalized spacial score (nSPS) is 16.8. The molecular weight excluding hydrogens is 478 g/mol. The Morgan fingerprint density at radius 3 is 2.68 bits per heavy atom. The molecule has 3 aromatic rings. The molecule has 0 fully saturated rings. The van der Waals surface area contributed by atoms with E-state index in [2.05, 4.69) is 5.32 Å². The van der Waals surface area contributed by atoms with E-state index in [0.29, 0.717) is 29.8 Å². The molecule has 0 bridgehead atoms. The van der Waals surface area contributed by atoms with Gasteiger partial charge in [0.2, 0.25) is 0 Å². The monoisotopic (exact) mass is 509 g/mol. The summed E-state index contributed by atoms with van der Waals surface area (Å²) in [6, 6.07) is 7.44. The molecule has 0 spiro atoms. The van der Waals surface area contributed by atoms with E-state index < -0.39 is 29.7 Å². The summed E-state index contributed by atoms with van der Waals surface area (Å²) in [5, 5.41) is 34.0. The Balaban J connectivity index is 1.91. The van der Waals surface area contributed by atoms with Crippen LogP contribution >= 0.6 is 0 Å². The Kier molecular flexibility index (Phi) is 7.29. The lowest BCUT2D eigenvalue weighted by atomic mass is 9.86. The number of ether oxygens (including phenoxy) is 2. The second-order valence-corrected chi connectivity index (χ2v) is 9.42. The van der Waals surface area contributed by atoms with Gasteiger partial charge in [-0.3, -0.25) is 4.79 Å². The number of phenols is 2. The molecule has 2 heterocycles. The number of nitrogens with one attached hydrogen (secondary N) is 1. The van der Waals surface area contributed by atoms with Gasteiger partial charge in [-0.1, -0.05) is 25.1 Å². The second kappa shape index (κ2) is 10.3. The minimum atomic E-state index is -1.03. The summed E-state index contributed by atoms with van der Waals surface area (Å²) in [4.78, 5) is 25.9. The SMILES string of the molecule is CC=C(CNCC)C(=O)O[C@H]1Cc2c(c(-c3cccc(O)c3)c3oc(CO)cc(=O)c3c2O)OC1(C)C. The molecule has 1 aromatic heterocycles. The average molecular weight is 510 g/mol. The molecule has 1 atom stereocenters. The zero-order valence-corrected chi connectivity index (χ0v) is 21.3. The van der Waals surface area contributed by atoms with Crippen LogP contribution in [-0.2, 0) is 22.6 Å². The maximum Gasteiger partial charge on any atom is 0.335 e. The number of aromatic hydroxyl groups is 2. The van der Waals surface area contributed by atoms with Crippen LogP contribution in [0.1, 0.15) is 39.0 Å². The predicted molar refractivity (Wildman–Crippen MR) is 138 cm³/mol. The third kappa shape index (κ3) is 4.92. The van der Waals surface area contributed by atoms with Gasteiger partial charge in [0.05, 0.1) is 5.56 Å². The minimum absolute atomic E-state index is 0.0136. The number of fused-ring (bicyclic) bond motifs is 2. The van der Waals surface area contributed by atoms with Crippen molar-refractivity contribution in [1.29, 1.82) is 0 Å². The van der Waals surface area contributed by atoms with E-state index in [0.717, 1.165) is 6.07 Å². The van der Waals surface area contributed by atoms with E-state index in [4.69, 9.17) is 13.9 Å². The van der Waals surface area contributed by atoms with Crippen molar-refractivity contribution in [2.24, 2.45) is 0 Å². The molecule has 9 heteroatoms. The molecule has 0 unspecified atom stereocenters. The van der Waals surface area contributed by atoms with Gasteiger partial charge in [-0.15, -0.1) is 0 Å². The first-order valence-corrected chi connectivity index (χ1v) is 12.1. The molecule has 37 heavy (non-hydrogen) atoms. The van der Waals surface area contributed by atoms with Crippen LogP contribution in [0.2, 0.25) is 0 Å². The lowest BCUT2D eigenvalue weighted by Crippen LogP contribution is -2.49. The fourth-order valence-corrected chi connectivity index (χ4v) is 4.46. The van der Waals surface area contributed by atoms with Crippen molar-refractivity contribution in [2.75, 3.05) is 13.1 Å². The Bertz CT molecular complexity index is 1440. The smallest absolute Gasteiger partial charge is 0.335 e. The molecule has 0 saturated carbocycles. The number of aliphatic hydroxyl groups is 1. The summed E-state index contributed by atoms with van der Waals surface area (Å²) in [6.45, 7) is 7.74. The highest BCUT2D eigenvalue weighted by atomic mass is 16.6. The van der Waals surface area contributed by atoms with E-state index in [1.807, 2.05) is 6.92 Å². The third-order valence-electron chi connectivity index (χ3n) is 6.50. The highest BCUT2D eigenvalue weighted by Gasteiger charge is 2.43. The van der Waals surface area contributed by atoms with Gasteiger partial charge in [-0.25, -0.2) is 4.79 Å². The Morgan fingerprint density at radius 1 is 1.27 bits per heavy atom. The van der Waals surface area contributed by atoms with Gasteiger partial charge < -0.3 is 34.5 Å². The number of carbonyl (C=O) groups is 1. The van der Waals surface area contributed by atoms with Gasteiger partial charge >= 0.3 is 5.97 Å². The van der Waals surface area contributed by atoms with Crippen molar-refractivity contribution >= 4 is 16.9 Å².